The van der Waals surface area contributed by atoms with Gasteiger partial charge in [-0.15, -0.1) is 0 Å². The SMILES string of the molecule is O=C(Nc1ccc(F)cc1)N1CCN(C(=O)c2ccc(S(=O)(=O)C(F)(F)F)cc2)CC1. The van der Waals surface area contributed by atoms with Crippen molar-refractivity contribution in [2.24, 2.45) is 0 Å². The van der Waals surface area contributed by atoms with Gasteiger partial charge in [-0.3, -0.25) is 4.79 Å². The molecule has 1 aliphatic rings. The lowest BCUT2D eigenvalue weighted by Gasteiger charge is -2.34. The van der Waals surface area contributed by atoms with Crippen LogP contribution in [0.4, 0.5) is 28.0 Å². The third-order valence-electron chi connectivity index (χ3n) is 4.67. The molecule has 0 atom stereocenters. The number of amides is 3. The Labute approximate surface area is 175 Å². The molecule has 0 unspecified atom stereocenters. The molecule has 0 bridgehead atoms. The second-order valence-corrected chi connectivity index (χ2v) is 8.63. The average molecular weight is 459 g/mol. The van der Waals surface area contributed by atoms with E-state index in [2.05, 4.69) is 5.32 Å². The number of sulfone groups is 1. The lowest BCUT2D eigenvalue weighted by molar-refractivity contribution is -0.0436. The summed E-state index contributed by atoms with van der Waals surface area (Å²) in [4.78, 5) is 26.8. The highest BCUT2D eigenvalue weighted by molar-refractivity contribution is 7.92. The number of halogens is 4. The molecular weight excluding hydrogens is 442 g/mol. The van der Waals surface area contributed by atoms with Crippen LogP contribution in [0, 0.1) is 5.82 Å². The van der Waals surface area contributed by atoms with Gasteiger partial charge in [0.2, 0.25) is 0 Å². The summed E-state index contributed by atoms with van der Waals surface area (Å²) in [6, 6.07) is 8.34. The van der Waals surface area contributed by atoms with Crippen molar-refractivity contribution in [1.29, 1.82) is 0 Å². The third-order valence-corrected chi connectivity index (χ3v) is 6.17. The zero-order chi connectivity index (χ0) is 22.8. The predicted octanol–water partition coefficient (Wildman–Crippen LogP) is 3.11. The Kier molecular flexibility index (Phi) is 6.20. The average Bonchev–Trinajstić information content (AvgIpc) is 2.74. The van der Waals surface area contributed by atoms with E-state index in [4.69, 9.17) is 0 Å². The highest BCUT2D eigenvalue weighted by atomic mass is 32.2. The summed E-state index contributed by atoms with van der Waals surface area (Å²) in [6.07, 6.45) is 0. The molecule has 1 heterocycles. The molecule has 166 valence electrons. The maximum Gasteiger partial charge on any atom is 0.501 e. The van der Waals surface area contributed by atoms with Gasteiger partial charge in [-0.05, 0) is 48.5 Å². The monoisotopic (exact) mass is 459 g/mol. The first-order valence-corrected chi connectivity index (χ1v) is 10.5. The molecule has 3 amide bonds. The largest absolute Gasteiger partial charge is 0.501 e. The van der Waals surface area contributed by atoms with Crippen LogP contribution >= 0.6 is 0 Å². The molecule has 0 aliphatic carbocycles. The van der Waals surface area contributed by atoms with Crippen molar-refractivity contribution in [1.82, 2.24) is 9.80 Å². The second-order valence-electron chi connectivity index (χ2n) is 6.69. The highest BCUT2D eigenvalue weighted by Gasteiger charge is 2.46. The Morgan fingerprint density at radius 3 is 1.87 bits per heavy atom. The maximum atomic E-state index is 12.9. The summed E-state index contributed by atoms with van der Waals surface area (Å²) < 4.78 is 73.6. The minimum absolute atomic E-state index is 0.0327. The molecule has 2 aromatic carbocycles. The number of benzene rings is 2. The number of anilines is 1. The summed E-state index contributed by atoms with van der Waals surface area (Å²) in [5.41, 5.74) is -4.98. The van der Waals surface area contributed by atoms with E-state index in [1.54, 1.807) is 0 Å². The first-order valence-electron chi connectivity index (χ1n) is 9.01. The first kappa shape index (κ1) is 22.5. The predicted molar refractivity (Wildman–Crippen MR) is 103 cm³/mol. The van der Waals surface area contributed by atoms with Crippen molar-refractivity contribution in [3.8, 4) is 0 Å². The van der Waals surface area contributed by atoms with Gasteiger partial charge in [-0.1, -0.05) is 0 Å². The van der Waals surface area contributed by atoms with Gasteiger partial charge in [-0.25, -0.2) is 17.6 Å². The Morgan fingerprint density at radius 1 is 0.839 bits per heavy atom. The van der Waals surface area contributed by atoms with E-state index in [-0.39, 0.29) is 31.7 Å². The molecule has 1 N–H and O–H groups in total. The standard InChI is InChI=1S/C19H17F4N3O4S/c20-14-3-5-15(6-4-14)24-18(28)26-11-9-25(10-12-26)17(27)13-1-7-16(8-2-13)31(29,30)19(21,22)23/h1-8H,9-12H2,(H,24,28). The number of carbonyl (C=O) groups is 2. The van der Waals surface area contributed by atoms with Crippen LogP contribution < -0.4 is 5.32 Å². The molecule has 0 radical (unpaired) electrons. The Morgan fingerprint density at radius 2 is 1.35 bits per heavy atom. The molecule has 1 aliphatic heterocycles. The summed E-state index contributed by atoms with van der Waals surface area (Å²) in [7, 11) is -5.49. The van der Waals surface area contributed by atoms with Crippen molar-refractivity contribution < 1.29 is 35.6 Å². The fourth-order valence-corrected chi connectivity index (χ4v) is 3.70. The van der Waals surface area contributed by atoms with E-state index in [1.165, 1.54) is 34.1 Å². The van der Waals surface area contributed by atoms with Gasteiger partial charge in [-0.2, -0.15) is 13.2 Å². The number of urea groups is 1. The van der Waals surface area contributed by atoms with Gasteiger partial charge in [0.1, 0.15) is 5.82 Å². The molecule has 12 heteroatoms. The Hall–Kier alpha value is -3.15. The normalized spacial score (nSPS) is 15.0. The van der Waals surface area contributed by atoms with Crippen LogP contribution in [0.3, 0.4) is 0 Å². The maximum absolute atomic E-state index is 12.9. The van der Waals surface area contributed by atoms with E-state index in [0.29, 0.717) is 5.69 Å². The van der Waals surface area contributed by atoms with Gasteiger partial charge < -0.3 is 15.1 Å². The molecule has 0 aromatic heterocycles. The number of hydrogen-bond acceptors (Lipinski definition) is 4. The topological polar surface area (TPSA) is 86.8 Å². The number of nitrogens with zero attached hydrogens (tertiary/aromatic N) is 2. The zero-order valence-corrected chi connectivity index (χ0v) is 16.7. The van der Waals surface area contributed by atoms with Gasteiger partial charge >= 0.3 is 11.5 Å². The van der Waals surface area contributed by atoms with Crippen LogP contribution in [0.5, 0.6) is 0 Å². The third kappa shape index (κ3) is 4.95. The summed E-state index contributed by atoms with van der Waals surface area (Å²) in [5, 5.41) is 2.62. The van der Waals surface area contributed by atoms with Crippen molar-refractivity contribution in [3.05, 3.63) is 59.9 Å². The Bertz CT molecular complexity index is 1060. The van der Waals surface area contributed by atoms with Gasteiger partial charge in [0.25, 0.3) is 15.7 Å². The molecule has 7 nitrogen and oxygen atoms in total. The Balaban J connectivity index is 1.58. The first-order chi connectivity index (χ1) is 14.5. The molecule has 2 aromatic rings. The molecule has 3 rings (SSSR count). The van der Waals surface area contributed by atoms with Gasteiger partial charge in [0.05, 0.1) is 4.90 Å². The van der Waals surface area contributed by atoms with E-state index in [9.17, 15) is 35.6 Å². The fraction of sp³-hybridized carbons (Fsp3) is 0.263. The van der Waals surface area contributed by atoms with E-state index in [1.807, 2.05) is 0 Å². The number of piperazine rings is 1. The molecule has 1 saturated heterocycles. The zero-order valence-electron chi connectivity index (χ0n) is 15.9. The van der Waals surface area contributed by atoms with Crippen LogP contribution in [0.25, 0.3) is 0 Å². The molecule has 1 fully saturated rings. The smallest absolute Gasteiger partial charge is 0.335 e. The molecule has 0 saturated carbocycles. The molecule has 0 spiro atoms. The van der Waals surface area contributed by atoms with Crippen LogP contribution in [0.2, 0.25) is 0 Å². The molecular formula is C19H17F4N3O4S. The van der Waals surface area contributed by atoms with Crippen molar-refractivity contribution in [2.45, 2.75) is 10.4 Å². The van der Waals surface area contributed by atoms with Gasteiger partial charge in [0.15, 0.2) is 0 Å². The van der Waals surface area contributed by atoms with E-state index >= 15 is 0 Å². The van der Waals surface area contributed by atoms with Crippen LogP contribution in [-0.2, 0) is 9.84 Å². The highest BCUT2D eigenvalue weighted by Crippen LogP contribution is 2.30. The summed E-state index contributed by atoms with van der Waals surface area (Å²) in [5.74, 6) is -0.927. The molecule has 31 heavy (non-hydrogen) atoms. The van der Waals surface area contributed by atoms with Crippen molar-refractivity contribution in [3.63, 3.8) is 0 Å². The van der Waals surface area contributed by atoms with Crippen molar-refractivity contribution >= 4 is 27.5 Å². The summed E-state index contributed by atoms with van der Waals surface area (Å²) >= 11 is 0. The number of alkyl halides is 3. The van der Waals surface area contributed by atoms with Gasteiger partial charge in [0, 0.05) is 37.4 Å². The van der Waals surface area contributed by atoms with Crippen LogP contribution in [-0.4, -0.2) is 61.8 Å². The number of rotatable bonds is 3. The van der Waals surface area contributed by atoms with E-state index in [0.717, 1.165) is 24.3 Å². The minimum Gasteiger partial charge on any atom is -0.335 e. The number of nitrogens with one attached hydrogen (secondary N) is 1. The second kappa shape index (κ2) is 8.53. The number of hydrogen-bond donors (Lipinski definition) is 1. The van der Waals surface area contributed by atoms with Crippen LogP contribution in [0.1, 0.15) is 10.4 Å². The summed E-state index contributed by atoms with van der Waals surface area (Å²) in [6.45, 7) is 0.773. The minimum atomic E-state index is -5.49. The van der Waals surface area contributed by atoms with Crippen molar-refractivity contribution in [2.75, 3.05) is 31.5 Å². The quantitative estimate of drug-likeness (QED) is 0.715. The van der Waals surface area contributed by atoms with E-state index < -0.39 is 38.0 Å². The fourth-order valence-electron chi connectivity index (χ4n) is 2.94. The number of carbonyl (C=O) groups excluding carboxylic acids is 2. The van der Waals surface area contributed by atoms with Crippen LogP contribution in [0.15, 0.2) is 53.4 Å². The lowest BCUT2D eigenvalue weighted by Crippen LogP contribution is -2.51. The lowest BCUT2D eigenvalue weighted by atomic mass is 10.2.